The van der Waals surface area contributed by atoms with Crippen LogP contribution in [0, 0.1) is 0 Å². The Bertz CT molecular complexity index is 1310. The van der Waals surface area contributed by atoms with Gasteiger partial charge in [-0.05, 0) is 49.2 Å². The van der Waals surface area contributed by atoms with E-state index in [2.05, 4.69) is 10.5 Å². The van der Waals surface area contributed by atoms with Gasteiger partial charge in [-0.15, -0.1) is 0 Å². The summed E-state index contributed by atoms with van der Waals surface area (Å²) in [7, 11) is 1.59. The molecule has 8 heteroatoms. The Morgan fingerprint density at radius 3 is 2.47 bits per heavy atom. The zero-order chi connectivity index (χ0) is 23.5. The van der Waals surface area contributed by atoms with Gasteiger partial charge in [0.1, 0.15) is 17.0 Å². The van der Waals surface area contributed by atoms with E-state index in [1.165, 1.54) is 0 Å². The molecule has 0 unspecified atom stereocenters. The van der Waals surface area contributed by atoms with Crippen LogP contribution in [0.5, 0.6) is 5.75 Å². The lowest BCUT2D eigenvalue weighted by Crippen LogP contribution is -2.32. The Hall–Kier alpha value is -4.07. The number of benzene rings is 2. The van der Waals surface area contributed by atoms with E-state index in [0.29, 0.717) is 35.5 Å². The second-order valence-corrected chi connectivity index (χ2v) is 8.27. The fraction of sp³-hybridized carbons (Fsp3) is 0.269. The van der Waals surface area contributed by atoms with E-state index >= 15 is 0 Å². The number of hydrogen-bond donors (Lipinski definition) is 1. The van der Waals surface area contributed by atoms with Crippen LogP contribution in [-0.2, 0) is 0 Å². The molecular weight excluding hydrogens is 434 g/mol. The van der Waals surface area contributed by atoms with Crippen LogP contribution in [0.4, 0.5) is 5.69 Å². The van der Waals surface area contributed by atoms with Crippen molar-refractivity contribution in [2.24, 2.45) is 0 Å². The van der Waals surface area contributed by atoms with Gasteiger partial charge in [0.2, 0.25) is 5.76 Å². The van der Waals surface area contributed by atoms with Crippen LogP contribution < -0.4 is 10.1 Å². The molecule has 1 fully saturated rings. The Kier molecular flexibility index (Phi) is 6.03. The van der Waals surface area contributed by atoms with Crippen molar-refractivity contribution in [1.82, 2.24) is 10.1 Å². The minimum absolute atomic E-state index is 0.101. The minimum Gasteiger partial charge on any atom is -0.497 e. The first kappa shape index (κ1) is 21.8. The quantitative estimate of drug-likeness (QED) is 0.431. The Morgan fingerprint density at radius 1 is 1.00 bits per heavy atom. The summed E-state index contributed by atoms with van der Waals surface area (Å²) in [4.78, 5) is 28.2. The van der Waals surface area contributed by atoms with Gasteiger partial charge < -0.3 is 23.9 Å². The van der Waals surface area contributed by atoms with Crippen molar-refractivity contribution in [2.45, 2.75) is 25.7 Å². The van der Waals surface area contributed by atoms with Gasteiger partial charge in [-0.1, -0.05) is 30.1 Å². The third-order valence-electron chi connectivity index (χ3n) is 6.04. The number of aromatic nitrogens is 1. The number of fused-ring (bicyclic) bond motifs is 1. The standard InChI is InChI=1S/C26H25N3O5/c1-32-18-12-10-17(11-13-18)22-16-20(28-34-22)25(30)27-23-19-8-4-5-9-21(19)33-24(23)26(31)29-14-6-2-3-7-15-29/h4-5,8-13,16H,2-3,6-7,14-15H2,1H3,(H,27,30). The Balaban J connectivity index is 1.43. The summed E-state index contributed by atoms with van der Waals surface area (Å²) in [5, 5.41) is 7.43. The highest BCUT2D eigenvalue weighted by Crippen LogP contribution is 2.33. The second kappa shape index (κ2) is 9.43. The molecule has 2 amide bonds. The number of nitrogens with zero attached hydrogens (tertiary/aromatic N) is 2. The van der Waals surface area contributed by atoms with E-state index in [0.717, 1.165) is 37.0 Å². The SMILES string of the molecule is COc1ccc(-c2cc(C(=O)Nc3c(C(=O)N4CCCCCC4)oc4ccccc34)no2)cc1. The van der Waals surface area contributed by atoms with Gasteiger partial charge in [0.05, 0.1) is 7.11 Å². The predicted molar refractivity (Wildman–Crippen MR) is 127 cm³/mol. The largest absolute Gasteiger partial charge is 0.497 e. The molecule has 4 aromatic rings. The van der Waals surface area contributed by atoms with Crippen LogP contribution in [0.3, 0.4) is 0 Å². The zero-order valence-corrected chi connectivity index (χ0v) is 18.9. The van der Waals surface area contributed by atoms with Gasteiger partial charge in [-0.25, -0.2) is 0 Å². The summed E-state index contributed by atoms with van der Waals surface area (Å²) >= 11 is 0. The van der Waals surface area contributed by atoms with E-state index < -0.39 is 5.91 Å². The normalized spacial score (nSPS) is 14.1. The molecular formula is C26H25N3O5. The van der Waals surface area contributed by atoms with E-state index in [4.69, 9.17) is 13.7 Å². The van der Waals surface area contributed by atoms with Crippen molar-refractivity contribution in [3.8, 4) is 17.1 Å². The number of furan rings is 1. The second-order valence-electron chi connectivity index (χ2n) is 8.27. The predicted octanol–water partition coefficient (Wildman–Crippen LogP) is 5.36. The summed E-state index contributed by atoms with van der Waals surface area (Å²) < 4.78 is 16.5. The first-order valence-corrected chi connectivity index (χ1v) is 11.4. The maximum absolute atomic E-state index is 13.3. The average molecular weight is 460 g/mol. The van der Waals surface area contributed by atoms with Gasteiger partial charge >= 0.3 is 0 Å². The van der Waals surface area contributed by atoms with E-state index in [-0.39, 0.29) is 17.4 Å². The molecule has 2 aromatic heterocycles. The maximum Gasteiger partial charge on any atom is 0.291 e. The van der Waals surface area contributed by atoms with Crippen LogP contribution in [0.2, 0.25) is 0 Å². The molecule has 5 rings (SSSR count). The lowest BCUT2D eigenvalue weighted by molar-refractivity contribution is 0.0733. The van der Waals surface area contributed by atoms with E-state index in [1.54, 1.807) is 36.3 Å². The van der Waals surface area contributed by atoms with Gasteiger partial charge in [-0.2, -0.15) is 0 Å². The van der Waals surface area contributed by atoms with Gasteiger partial charge in [0.25, 0.3) is 11.8 Å². The van der Waals surface area contributed by atoms with Crippen molar-refractivity contribution < 1.29 is 23.3 Å². The van der Waals surface area contributed by atoms with Crippen LogP contribution >= 0.6 is 0 Å². The van der Waals surface area contributed by atoms with Crippen molar-refractivity contribution in [3.63, 3.8) is 0 Å². The fourth-order valence-electron chi connectivity index (χ4n) is 4.19. The van der Waals surface area contributed by atoms with Crippen LogP contribution in [0.15, 0.2) is 63.5 Å². The Labute approximate surface area is 196 Å². The highest BCUT2D eigenvalue weighted by Gasteiger charge is 2.28. The molecule has 1 aliphatic rings. The molecule has 0 aliphatic carbocycles. The molecule has 0 saturated carbocycles. The molecule has 1 aliphatic heterocycles. The highest BCUT2D eigenvalue weighted by molar-refractivity contribution is 6.14. The van der Waals surface area contributed by atoms with E-state index in [1.807, 2.05) is 30.3 Å². The van der Waals surface area contributed by atoms with Crippen LogP contribution in [-0.4, -0.2) is 42.1 Å². The first-order chi connectivity index (χ1) is 16.6. The maximum atomic E-state index is 13.3. The van der Waals surface area contributed by atoms with Crippen LogP contribution in [0.1, 0.15) is 46.7 Å². The van der Waals surface area contributed by atoms with Crippen molar-refractivity contribution in [3.05, 3.63) is 66.1 Å². The van der Waals surface area contributed by atoms with Crippen LogP contribution in [0.25, 0.3) is 22.3 Å². The summed E-state index contributed by atoms with van der Waals surface area (Å²) in [6, 6.07) is 16.1. The average Bonchev–Trinajstić information content (AvgIpc) is 3.40. The number of carbonyl (C=O) groups excluding carboxylic acids is 2. The molecule has 3 heterocycles. The minimum atomic E-state index is -0.486. The van der Waals surface area contributed by atoms with Crippen molar-refractivity contribution in [2.75, 3.05) is 25.5 Å². The number of methoxy groups -OCH3 is 1. The smallest absolute Gasteiger partial charge is 0.291 e. The number of nitrogens with one attached hydrogen (secondary N) is 1. The number of para-hydroxylation sites is 1. The fourth-order valence-corrected chi connectivity index (χ4v) is 4.19. The molecule has 1 N–H and O–H groups in total. The number of carbonyl (C=O) groups is 2. The number of anilines is 1. The summed E-state index contributed by atoms with van der Waals surface area (Å²) in [5.74, 6) is 0.600. The molecule has 0 spiro atoms. The molecule has 34 heavy (non-hydrogen) atoms. The van der Waals surface area contributed by atoms with E-state index in [9.17, 15) is 9.59 Å². The number of rotatable bonds is 5. The Morgan fingerprint density at radius 2 is 1.74 bits per heavy atom. The molecule has 2 aromatic carbocycles. The number of ether oxygens (including phenoxy) is 1. The summed E-state index contributed by atoms with van der Waals surface area (Å²) in [6.45, 7) is 1.36. The molecule has 1 saturated heterocycles. The van der Waals surface area contributed by atoms with Crippen molar-refractivity contribution in [1.29, 1.82) is 0 Å². The third kappa shape index (κ3) is 4.26. The van der Waals surface area contributed by atoms with Gasteiger partial charge in [0.15, 0.2) is 11.5 Å². The first-order valence-electron chi connectivity index (χ1n) is 11.4. The van der Waals surface area contributed by atoms with Gasteiger partial charge in [-0.3, -0.25) is 9.59 Å². The molecule has 0 bridgehead atoms. The molecule has 0 atom stereocenters. The molecule has 8 nitrogen and oxygen atoms in total. The molecule has 0 radical (unpaired) electrons. The number of amides is 2. The number of hydrogen-bond acceptors (Lipinski definition) is 6. The van der Waals surface area contributed by atoms with Crippen molar-refractivity contribution >= 4 is 28.5 Å². The molecule has 174 valence electrons. The lowest BCUT2D eigenvalue weighted by atomic mass is 10.1. The monoisotopic (exact) mass is 459 g/mol. The summed E-state index contributed by atoms with van der Waals surface area (Å²) in [6.07, 6.45) is 4.13. The summed E-state index contributed by atoms with van der Waals surface area (Å²) in [5.41, 5.74) is 1.75. The zero-order valence-electron chi connectivity index (χ0n) is 18.9. The third-order valence-corrected chi connectivity index (χ3v) is 6.04. The lowest BCUT2D eigenvalue weighted by Gasteiger charge is -2.19. The topological polar surface area (TPSA) is 97.8 Å². The highest BCUT2D eigenvalue weighted by atomic mass is 16.5. The van der Waals surface area contributed by atoms with Gasteiger partial charge in [0, 0.05) is 30.1 Å². The number of likely N-dealkylation sites (tertiary alicyclic amines) is 1.